The first-order valence-electron chi connectivity index (χ1n) is 7.99. The molecule has 8 heteroatoms. The van der Waals surface area contributed by atoms with Crippen LogP contribution in [0.3, 0.4) is 0 Å². The van der Waals surface area contributed by atoms with Gasteiger partial charge in [0.2, 0.25) is 5.96 Å². The summed E-state index contributed by atoms with van der Waals surface area (Å²) in [6.45, 7) is 8.03. The largest absolute Gasteiger partial charge is 0.426 e. The first kappa shape index (κ1) is 15.8. The Morgan fingerprint density at radius 1 is 1.38 bits per heavy atom. The van der Waals surface area contributed by atoms with Gasteiger partial charge >= 0.3 is 6.73 Å². The molecule has 1 N–H and O–H groups in total. The quantitative estimate of drug-likeness (QED) is 0.860. The summed E-state index contributed by atoms with van der Waals surface area (Å²) in [4.78, 5) is 30.6. The van der Waals surface area contributed by atoms with E-state index in [-0.39, 0.29) is 12.6 Å². The van der Waals surface area contributed by atoms with Crippen molar-refractivity contribution in [3.63, 3.8) is 0 Å². The molecule has 26 heavy (non-hydrogen) atoms. The van der Waals surface area contributed by atoms with Gasteiger partial charge in [-0.05, 0) is 30.3 Å². The van der Waals surface area contributed by atoms with Crippen LogP contribution in [0.5, 0.6) is 5.75 Å². The number of nitrogens with zero attached hydrogens (tertiary/aromatic N) is 5. The first-order chi connectivity index (χ1) is 12.8. The van der Waals surface area contributed by atoms with E-state index in [4.69, 9.17) is 11.3 Å². The highest BCUT2D eigenvalue weighted by atomic mass is 16.5. The number of aromatic nitrogens is 1. The van der Waals surface area contributed by atoms with Gasteiger partial charge in [-0.2, -0.15) is 0 Å². The zero-order chi connectivity index (χ0) is 17.9. The molecule has 1 amide bonds. The molecule has 1 aromatic heterocycles. The number of ether oxygens (including phenoxy) is 1. The molecule has 128 valence electrons. The zero-order valence-corrected chi connectivity index (χ0v) is 13.7. The lowest BCUT2D eigenvalue weighted by atomic mass is 10.1. The maximum absolute atomic E-state index is 12.4. The molecule has 2 aromatic rings. The van der Waals surface area contributed by atoms with Crippen molar-refractivity contribution in [3.8, 4) is 5.75 Å². The van der Waals surface area contributed by atoms with E-state index >= 15 is 0 Å². The summed E-state index contributed by atoms with van der Waals surface area (Å²) in [6, 6.07) is 8.77. The van der Waals surface area contributed by atoms with Crippen molar-refractivity contribution in [3.05, 3.63) is 65.3 Å². The molecule has 2 aliphatic heterocycles. The molecule has 3 heterocycles. The molecular weight excluding hydrogens is 332 g/mol. The fraction of sp³-hybridized carbons (Fsp3) is 0.167. The van der Waals surface area contributed by atoms with Gasteiger partial charge in [0, 0.05) is 24.5 Å². The molecule has 0 radical (unpaired) electrons. The van der Waals surface area contributed by atoms with Crippen molar-refractivity contribution in [1.82, 2.24) is 15.2 Å². The summed E-state index contributed by atoms with van der Waals surface area (Å²) in [5.74, 6) is 1.50. The van der Waals surface area contributed by atoms with Crippen LogP contribution in [0.25, 0.3) is 4.85 Å². The molecule has 2 aliphatic rings. The van der Waals surface area contributed by atoms with Crippen LogP contribution in [0.2, 0.25) is 0 Å². The number of fused-ring (bicyclic) bond motifs is 3. The van der Waals surface area contributed by atoms with E-state index in [1.807, 2.05) is 11.0 Å². The normalized spacial score (nSPS) is 14.5. The maximum atomic E-state index is 12.4. The Bertz CT molecular complexity index is 961. The SMILES string of the molecule is [C-]#[N+]COc1ccc2c(c1)C1=NCCN1C(NC(=O)c1cccnc1)=N2. The van der Waals surface area contributed by atoms with Gasteiger partial charge in [-0.1, -0.05) is 0 Å². The van der Waals surface area contributed by atoms with Crippen LogP contribution in [-0.4, -0.2) is 47.4 Å². The van der Waals surface area contributed by atoms with Crippen LogP contribution < -0.4 is 10.1 Å². The zero-order valence-electron chi connectivity index (χ0n) is 13.7. The lowest BCUT2D eigenvalue weighted by Gasteiger charge is -2.27. The lowest BCUT2D eigenvalue weighted by Crippen LogP contribution is -2.47. The standard InChI is InChI=1S/C18H14N6O2/c1-19-11-26-13-4-5-15-14(9-13)16-21-7-8-24(16)18(22-15)23-17(25)12-3-2-6-20-10-12/h2-6,9-10H,7-8,11H2,(H,22,23,25). The molecule has 0 bridgehead atoms. The Morgan fingerprint density at radius 2 is 2.31 bits per heavy atom. The van der Waals surface area contributed by atoms with E-state index < -0.39 is 0 Å². The molecule has 0 saturated carbocycles. The number of carbonyl (C=O) groups excluding carboxylic acids is 1. The summed E-state index contributed by atoms with van der Waals surface area (Å²) in [5, 5.41) is 2.84. The fourth-order valence-corrected chi connectivity index (χ4v) is 2.81. The van der Waals surface area contributed by atoms with Crippen molar-refractivity contribution < 1.29 is 9.53 Å². The molecule has 0 saturated heterocycles. The van der Waals surface area contributed by atoms with Gasteiger partial charge in [-0.25, -0.2) is 11.6 Å². The predicted octanol–water partition coefficient (Wildman–Crippen LogP) is 1.83. The van der Waals surface area contributed by atoms with E-state index in [2.05, 4.69) is 25.1 Å². The summed E-state index contributed by atoms with van der Waals surface area (Å²) in [7, 11) is 0. The second-order valence-corrected chi connectivity index (χ2v) is 5.60. The minimum Gasteiger partial charge on any atom is -0.426 e. The number of amidine groups is 1. The summed E-state index contributed by atoms with van der Waals surface area (Å²) in [6.07, 6.45) is 3.12. The minimum absolute atomic E-state index is 0.0370. The summed E-state index contributed by atoms with van der Waals surface area (Å²) in [5.41, 5.74) is 1.98. The Balaban J connectivity index is 1.65. The van der Waals surface area contributed by atoms with Crippen LogP contribution in [0.15, 0.2) is 52.7 Å². The van der Waals surface area contributed by atoms with Gasteiger partial charge in [0.15, 0.2) is 0 Å². The maximum Gasteiger partial charge on any atom is 0.357 e. The predicted molar refractivity (Wildman–Crippen MR) is 95.4 cm³/mol. The van der Waals surface area contributed by atoms with Crippen molar-refractivity contribution in [2.75, 3.05) is 19.8 Å². The minimum atomic E-state index is -0.274. The topological polar surface area (TPSA) is 83.5 Å². The summed E-state index contributed by atoms with van der Waals surface area (Å²) < 4.78 is 5.37. The van der Waals surface area contributed by atoms with Gasteiger partial charge in [0.25, 0.3) is 5.91 Å². The molecule has 0 aliphatic carbocycles. The van der Waals surface area contributed by atoms with E-state index in [0.29, 0.717) is 36.0 Å². The number of pyridine rings is 1. The fourth-order valence-electron chi connectivity index (χ4n) is 2.81. The highest BCUT2D eigenvalue weighted by Gasteiger charge is 2.31. The highest BCUT2D eigenvalue weighted by Crippen LogP contribution is 2.31. The first-order valence-corrected chi connectivity index (χ1v) is 7.99. The Kier molecular flexibility index (Phi) is 4.03. The van der Waals surface area contributed by atoms with Crippen molar-refractivity contribution >= 4 is 23.4 Å². The number of benzene rings is 1. The van der Waals surface area contributed by atoms with Crippen LogP contribution in [0.1, 0.15) is 15.9 Å². The van der Waals surface area contributed by atoms with Crippen LogP contribution in [0, 0.1) is 6.57 Å². The molecular formula is C18H14N6O2. The van der Waals surface area contributed by atoms with Gasteiger partial charge in [0.05, 0.1) is 17.8 Å². The number of rotatable bonds is 3. The highest BCUT2D eigenvalue weighted by molar-refractivity contribution is 6.19. The second-order valence-electron chi connectivity index (χ2n) is 5.60. The van der Waals surface area contributed by atoms with Gasteiger partial charge in [-0.3, -0.25) is 29.8 Å². The Morgan fingerprint density at radius 3 is 3.12 bits per heavy atom. The average Bonchev–Trinajstić information content (AvgIpc) is 3.18. The number of nitrogens with one attached hydrogen (secondary N) is 1. The van der Waals surface area contributed by atoms with Crippen molar-refractivity contribution in [1.29, 1.82) is 0 Å². The van der Waals surface area contributed by atoms with E-state index in [1.54, 1.807) is 30.5 Å². The van der Waals surface area contributed by atoms with Gasteiger partial charge in [-0.15, -0.1) is 0 Å². The third-order valence-corrected chi connectivity index (χ3v) is 3.98. The van der Waals surface area contributed by atoms with Crippen LogP contribution in [-0.2, 0) is 0 Å². The van der Waals surface area contributed by atoms with Crippen LogP contribution in [0.4, 0.5) is 5.69 Å². The molecule has 8 nitrogen and oxygen atoms in total. The van der Waals surface area contributed by atoms with Crippen molar-refractivity contribution in [2.24, 2.45) is 9.98 Å². The number of carbonyl (C=O) groups is 1. The number of hydrogen-bond donors (Lipinski definition) is 1. The third kappa shape index (κ3) is 2.86. The molecule has 0 unspecified atom stereocenters. The number of guanidine groups is 1. The van der Waals surface area contributed by atoms with E-state index in [9.17, 15) is 4.79 Å². The van der Waals surface area contributed by atoms with Gasteiger partial charge < -0.3 is 4.74 Å². The van der Waals surface area contributed by atoms with Crippen LogP contribution >= 0.6 is 0 Å². The lowest BCUT2D eigenvalue weighted by molar-refractivity contribution is 0.0973. The monoisotopic (exact) mass is 346 g/mol. The molecule has 0 atom stereocenters. The average molecular weight is 346 g/mol. The molecule has 4 rings (SSSR count). The summed E-state index contributed by atoms with van der Waals surface area (Å²) >= 11 is 0. The number of hydrogen-bond acceptors (Lipinski definition) is 6. The second kappa shape index (κ2) is 6.64. The van der Waals surface area contributed by atoms with E-state index in [1.165, 1.54) is 6.20 Å². The van der Waals surface area contributed by atoms with Gasteiger partial charge in [0.1, 0.15) is 11.6 Å². The Hall–Kier alpha value is -3.73. The molecule has 0 spiro atoms. The Labute approximate surface area is 149 Å². The molecule has 0 fully saturated rings. The number of amides is 1. The number of aliphatic imine (C=N–C) groups is 2. The van der Waals surface area contributed by atoms with Crippen molar-refractivity contribution in [2.45, 2.75) is 0 Å². The van der Waals surface area contributed by atoms with E-state index in [0.717, 1.165) is 11.4 Å². The molecule has 1 aromatic carbocycles. The smallest absolute Gasteiger partial charge is 0.357 e. The third-order valence-electron chi connectivity index (χ3n) is 3.98.